The SMILES string of the molecule is CCNCc1ccccc1S(=O)(=O)NCC(C)(C)C(C)C. The van der Waals surface area contributed by atoms with Gasteiger partial charge in [-0.1, -0.05) is 52.8 Å². The van der Waals surface area contributed by atoms with Crippen molar-refractivity contribution in [3.8, 4) is 0 Å². The van der Waals surface area contributed by atoms with Crippen LogP contribution in [0.4, 0.5) is 0 Å². The molecule has 21 heavy (non-hydrogen) atoms. The summed E-state index contributed by atoms with van der Waals surface area (Å²) in [5, 5.41) is 3.18. The van der Waals surface area contributed by atoms with E-state index < -0.39 is 10.0 Å². The Morgan fingerprint density at radius 2 is 1.81 bits per heavy atom. The van der Waals surface area contributed by atoms with Gasteiger partial charge in [-0.3, -0.25) is 0 Å². The van der Waals surface area contributed by atoms with Crippen molar-refractivity contribution < 1.29 is 8.42 Å². The maximum atomic E-state index is 12.5. The standard InChI is InChI=1S/C16H28N2O2S/c1-6-17-11-14-9-7-8-10-15(14)21(19,20)18-12-16(4,5)13(2)3/h7-10,13,17-18H,6,11-12H2,1-5H3. The quantitative estimate of drug-likeness (QED) is 0.776. The van der Waals surface area contributed by atoms with Gasteiger partial charge in [0.15, 0.2) is 0 Å². The second kappa shape index (κ2) is 7.38. The lowest BCUT2D eigenvalue weighted by Gasteiger charge is -2.29. The molecule has 0 spiro atoms. The molecule has 2 N–H and O–H groups in total. The predicted octanol–water partition coefficient (Wildman–Crippen LogP) is 2.76. The summed E-state index contributed by atoms with van der Waals surface area (Å²) in [7, 11) is -3.48. The summed E-state index contributed by atoms with van der Waals surface area (Å²) in [5.41, 5.74) is 0.721. The molecule has 120 valence electrons. The molecule has 0 aliphatic heterocycles. The minimum Gasteiger partial charge on any atom is -0.313 e. The minimum absolute atomic E-state index is 0.0797. The molecule has 0 amide bonds. The molecule has 0 unspecified atom stereocenters. The van der Waals surface area contributed by atoms with E-state index in [1.54, 1.807) is 12.1 Å². The van der Waals surface area contributed by atoms with Gasteiger partial charge < -0.3 is 5.32 Å². The molecule has 0 atom stereocenters. The Hall–Kier alpha value is -0.910. The summed E-state index contributed by atoms with van der Waals surface area (Å²) in [6.45, 7) is 12.2. The van der Waals surface area contributed by atoms with Gasteiger partial charge >= 0.3 is 0 Å². The molecular formula is C16H28N2O2S. The fourth-order valence-corrected chi connectivity index (χ4v) is 3.20. The van der Waals surface area contributed by atoms with Crippen molar-refractivity contribution in [2.24, 2.45) is 11.3 Å². The highest BCUT2D eigenvalue weighted by Crippen LogP contribution is 2.26. The van der Waals surface area contributed by atoms with Gasteiger partial charge in [-0.05, 0) is 29.5 Å². The second-order valence-corrected chi connectivity index (χ2v) is 8.09. The number of hydrogen-bond acceptors (Lipinski definition) is 3. The molecule has 0 saturated carbocycles. The first kappa shape index (κ1) is 18.1. The average Bonchev–Trinajstić information content (AvgIpc) is 2.43. The van der Waals surface area contributed by atoms with Gasteiger partial charge in [0.1, 0.15) is 0 Å². The van der Waals surface area contributed by atoms with Gasteiger partial charge in [0, 0.05) is 13.1 Å². The lowest BCUT2D eigenvalue weighted by molar-refractivity contribution is 0.252. The highest BCUT2D eigenvalue weighted by molar-refractivity contribution is 7.89. The van der Waals surface area contributed by atoms with Crippen molar-refractivity contribution in [1.82, 2.24) is 10.0 Å². The largest absolute Gasteiger partial charge is 0.313 e. The van der Waals surface area contributed by atoms with Crippen molar-refractivity contribution in [3.05, 3.63) is 29.8 Å². The van der Waals surface area contributed by atoms with Gasteiger partial charge in [-0.2, -0.15) is 0 Å². The van der Waals surface area contributed by atoms with Crippen molar-refractivity contribution in [2.45, 2.75) is 46.1 Å². The van der Waals surface area contributed by atoms with Gasteiger partial charge in [0.25, 0.3) is 0 Å². The first-order valence-electron chi connectivity index (χ1n) is 7.49. The van der Waals surface area contributed by atoms with Crippen LogP contribution in [0.1, 0.15) is 40.2 Å². The molecule has 1 aromatic rings. The average molecular weight is 312 g/mol. The van der Waals surface area contributed by atoms with Gasteiger partial charge in [0.05, 0.1) is 4.90 Å². The van der Waals surface area contributed by atoms with Crippen LogP contribution in [0.3, 0.4) is 0 Å². The van der Waals surface area contributed by atoms with E-state index >= 15 is 0 Å². The monoisotopic (exact) mass is 312 g/mol. The predicted molar refractivity (Wildman–Crippen MR) is 87.6 cm³/mol. The smallest absolute Gasteiger partial charge is 0.240 e. The molecule has 4 nitrogen and oxygen atoms in total. The van der Waals surface area contributed by atoms with Crippen LogP contribution < -0.4 is 10.0 Å². The molecule has 0 radical (unpaired) electrons. The molecule has 0 saturated heterocycles. The van der Waals surface area contributed by atoms with E-state index in [1.807, 2.05) is 19.1 Å². The van der Waals surface area contributed by atoms with Crippen molar-refractivity contribution in [1.29, 1.82) is 0 Å². The number of benzene rings is 1. The van der Waals surface area contributed by atoms with E-state index in [1.165, 1.54) is 0 Å². The normalized spacial score (nSPS) is 12.9. The van der Waals surface area contributed by atoms with Crippen LogP contribution in [-0.4, -0.2) is 21.5 Å². The molecule has 0 aliphatic carbocycles. The Morgan fingerprint density at radius 1 is 1.19 bits per heavy atom. The Balaban J connectivity index is 2.93. The molecule has 1 aromatic carbocycles. The lowest BCUT2D eigenvalue weighted by atomic mass is 9.81. The van der Waals surface area contributed by atoms with Crippen LogP contribution in [0.15, 0.2) is 29.2 Å². The Kier molecular flexibility index (Phi) is 6.38. The molecule has 1 rings (SSSR count). The molecule has 0 bridgehead atoms. The number of sulfonamides is 1. The zero-order valence-electron chi connectivity index (χ0n) is 13.7. The molecule has 0 fully saturated rings. The molecule has 5 heteroatoms. The summed E-state index contributed by atoms with van der Waals surface area (Å²) in [4.78, 5) is 0.366. The van der Waals surface area contributed by atoms with Crippen LogP contribution in [0.2, 0.25) is 0 Å². The highest BCUT2D eigenvalue weighted by Gasteiger charge is 2.26. The number of rotatable bonds is 8. The summed E-state index contributed by atoms with van der Waals surface area (Å²) >= 11 is 0. The van der Waals surface area contributed by atoms with E-state index in [9.17, 15) is 8.42 Å². The fraction of sp³-hybridized carbons (Fsp3) is 0.625. The molecule has 0 aliphatic rings. The van der Waals surface area contributed by atoms with Gasteiger partial charge in [0.2, 0.25) is 10.0 Å². The zero-order valence-corrected chi connectivity index (χ0v) is 14.5. The van der Waals surface area contributed by atoms with E-state index in [-0.39, 0.29) is 5.41 Å². The number of hydrogen-bond donors (Lipinski definition) is 2. The second-order valence-electron chi connectivity index (χ2n) is 6.36. The van der Waals surface area contributed by atoms with Crippen LogP contribution in [0.5, 0.6) is 0 Å². The molecular weight excluding hydrogens is 284 g/mol. The molecule has 0 heterocycles. The Labute approximate surface area is 129 Å². The Bertz CT molecular complexity index is 551. The third-order valence-electron chi connectivity index (χ3n) is 4.11. The van der Waals surface area contributed by atoms with Crippen molar-refractivity contribution >= 4 is 10.0 Å². The van der Waals surface area contributed by atoms with Crippen LogP contribution in [-0.2, 0) is 16.6 Å². The molecule has 0 aromatic heterocycles. The fourth-order valence-electron chi connectivity index (χ4n) is 1.73. The van der Waals surface area contributed by atoms with Crippen LogP contribution in [0, 0.1) is 11.3 Å². The van der Waals surface area contributed by atoms with Gasteiger partial charge in [-0.25, -0.2) is 13.1 Å². The third kappa shape index (κ3) is 5.09. The van der Waals surface area contributed by atoms with E-state index in [0.717, 1.165) is 12.1 Å². The number of nitrogens with one attached hydrogen (secondary N) is 2. The maximum Gasteiger partial charge on any atom is 0.240 e. The van der Waals surface area contributed by atoms with E-state index in [2.05, 4.69) is 37.7 Å². The van der Waals surface area contributed by atoms with Crippen LogP contribution in [0.25, 0.3) is 0 Å². The summed E-state index contributed by atoms with van der Waals surface area (Å²) in [5.74, 6) is 0.400. The van der Waals surface area contributed by atoms with Crippen LogP contribution >= 0.6 is 0 Å². The van der Waals surface area contributed by atoms with Crippen molar-refractivity contribution in [2.75, 3.05) is 13.1 Å². The Morgan fingerprint density at radius 3 is 2.38 bits per heavy atom. The first-order valence-corrected chi connectivity index (χ1v) is 8.97. The summed E-state index contributed by atoms with van der Waals surface area (Å²) < 4.78 is 27.9. The maximum absolute atomic E-state index is 12.5. The van der Waals surface area contributed by atoms with Gasteiger partial charge in [-0.15, -0.1) is 0 Å². The lowest BCUT2D eigenvalue weighted by Crippen LogP contribution is -2.37. The first-order chi connectivity index (χ1) is 9.70. The topological polar surface area (TPSA) is 58.2 Å². The third-order valence-corrected chi connectivity index (χ3v) is 5.61. The van der Waals surface area contributed by atoms with E-state index in [4.69, 9.17) is 0 Å². The van der Waals surface area contributed by atoms with Crippen molar-refractivity contribution in [3.63, 3.8) is 0 Å². The minimum atomic E-state index is -3.48. The van der Waals surface area contributed by atoms with E-state index in [0.29, 0.717) is 23.9 Å². The summed E-state index contributed by atoms with van der Waals surface area (Å²) in [6.07, 6.45) is 0. The summed E-state index contributed by atoms with van der Waals surface area (Å²) in [6, 6.07) is 7.14. The zero-order chi connectivity index (χ0) is 16.1. The highest BCUT2D eigenvalue weighted by atomic mass is 32.2.